The third-order valence-electron chi connectivity index (χ3n) is 3.08. The van der Waals surface area contributed by atoms with E-state index in [1.54, 1.807) is 0 Å². The van der Waals surface area contributed by atoms with Gasteiger partial charge in [0.05, 0.1) is 12.1 Å². The van der Waals surface area contributed by atoms with Crippen molar-refractivity contribution in [1.82, 2.24) is 5.32 Å². The first-order valence-electron chi connectivity index (χ1n) is 6.85. The van der Waals surface area contributed by atoms with Gasteiger partial charge in [0, 0.05) is 5.56 Å². The number of hydrogen-bond acceptors (Lipinski definition) is 3. The van der Waals surface area contributed by atoms with Gasteiger partial charge < -0.3 is 10.1 Å². The van der Waals surface area contributed by atoms with Crippen LogP contribution >= 0.6 is 0 Å². The normalized spacial score (nSPS) is 12.8. The van der Waals surface area contributed by atoms with Crippen molar-refractivity contribution in [3.8, 4) is 5.75 Å². The lowest BCUT2D eigenvalue weighted by molar-refractivity contribution is 0.0922. The largest absolute Gasteiger partial charge is 0.491 e. The predicted molar refractivity (Wildman–Crippen MR) is 79.0 cm³/mol. The zero-order valence-electron chi connectivity index (χ0n) is 12.8. The smallest absolute Gasteiger partial charge is 0.179 e. The van der Waals surface area contributed by atoms with E-state index < -0.39 is 0 Å². The van der Waals surface area contributed by atoms with Gasteiger partial charge in [0.15, 0.2) is 5.78 Å². The van der Waals surface area contributed by atoms with Gasteiger partial charge in [-0.1, -0.05) is 13.8 Å². The lowest BCUT2D eigenvalue weighted by Gasteiger charge is -2.19. The van der Waals surface area contributed by atoms with E-state index in [0.29, 0.717) is 0 Å². The Bertz CT molecular complexity index is 438. The number of Topliss-reactive ketones (excluding diaryl/α,β-unsaturated/α-hetero) is 1. The highest BCUT2D eigenvalue weighted by atomic mass is 16.5. The van der Waals surface area contributed by atoms with Crippen molar-refractivity contribution in [3.05, 3.63) is 29.3 Å². The number of aryl methyl sites for hydroxylation is 1. The Morgan fingerprint density at radius 3 is 2.26 bits per heavy atom. The Labute approximate surface area is 116 Å². The van der Waals surface area contributed by atoms with E-state index in [9.17, 15) is 4.79 Å². The number of hydrogen-bond donors (Lipinski definition) is 1. The molecule has 1 unspecified atom stereocenters. The Morgan fingerprint density at radius 1 is 1.21 bits per heavy atom. The minimum absolute atomic E-state index is 0.136. The van der Waals surface area contributed by atoms with E-state index in [-0.39, 0.29) is 23.8 Å². The third kappa shape index (κ3) is 4.06. The van der Waals surface area contributed by atoms with Gasteiger partial charge in [-0.25, -0.2) is 0 Å². The highest BCUT2D eigenvalue weighted by Gasteiger charge is 2.22. The van der Waals surface area contributed by atoms with Crippen LogP contribution in [-0.4, -0.2) is 25.0 Å². The summed E-state index contributed by atoms with van der Waals surface area (Å²) in [4.78, 5) is 12.4. The molecular formula is C16H25NO2. The summed E-state index contributed by atoms with van der Waals surface area (Å²) in [5, 5.41) is 3.09. The summed E-state index contributed by atoms with van der Waals surface area (Å²) in [6, 6.07) is 5.50. The Kier molecular flexibility index (Phi) is 5.55. The van der Waals surface area contributed by atoms with Gasteiger partial charge in [-0.3, -0.25) is 4.79 Å². The molecule has 0 aromatic heterocycles. The van der Waals surface area contributed by atoms with Crippen LogP contribution in [0.4, 0.5) is 0 Å². The zero-order chi connectivity index (χ0) is 14.6. The predicted octanol–water partition coefficient (Wildman–Crippen LogP) is 3.21. The molecule has 1 atom stereocenters. The minimum atomic E-state index is -0.142. The molecule has 0 radical (unpaired) electrons. The maximum atomic E-state index is 12.4. The lowest BCUT2D eigenvalue weighted by Crippen LogP contribution is -2.38. The van der Waals surface area contributed by atoms with Gasteiger partial charge in [-0.05, 0) is 57.5 Å². The van der Waals surface area contributed by atoms with Crippen LogP contribution in [0.5, 0.6) is 5.75 Å². The monoisotopic (exact) mass is 263 g/mol. The molecule has 1 N–H and O–H groups in total. The summed E-state index contributed by atoms with van der Waals surface area (Å²) in [5.41, 5.74) is 1.74. The summed E-state index contributed by atoms with van der Waals surface area (Å²) in [6.45, 7) is 10.0. The molecule has 0 aliphatic heterocycles. The molecule has 0 spiro atoms. The van der Waals surface area contributed by atoms with Gasteiger partial charge in [0.1, 0.15) is 5.75 Å². The van der Waals surface area contributed by atoms with E-state index in [2.05, 4.69) is 5.32 Å². The molecule has 0 saturated carbocycles. The molecule has 19 heavy (non-hydrogen) atoms. The molecule has 0 heterocycles. The Balaban J connectivity index is 2.97. The molecule has 1 rings (SSSR count). The van der Waals surface area contributed by atoms with Gasteiger partial charge in [0.25, 0.3) is 0 Å². The topological polar surface area (TPSA) is 38.3 Å². The molecule has 106 valence electrons. The van der Waals surface area contributed by atoms with E-state index in [4.69, 9.17) is 4.74 Å². The summed E-state index contributed by atoms with van der Waals surface area (Å²) >= 11 is 0. The van der Waals surface area contributed by atoms with E-state index in [1.165, 1.54) is 0 Å². The second-order valence-electron chi connectivity index (χ2n) is 5.52. The molecule has 0 bridgehead atoms. The molecule has 0 saturated heterocycles. The number of carbonyl (C=O) groups excluding carboxylic acids is 1. The van der Waals surface area contributed by atoms with Crippen LogP contribution in [0.2, 0.25) is 0 Å². The molecule has 1 aromatic rings. The molecule has 0 aliphatic carbocycles. The maximum absolute atomic E-state index is 12.4. The van der Waals surface area contributed by atoms with Crippen LogP contribution in [0.1, 0.15) is 43.6 Å². The molecule has 3 heteroatoms. The third-order valence-corrected chi connectivity index (χ3v) is 3.08. The number of ketones is 1. The fourth-order valence-electron chi connectivity index (χ4n) is 2.14. The quantitative estimate of drug-likeness (QED) is 0.801. The number of carbonyl (C=O) groups is 1. The van der Waals surface area contributed by atoms with E-state index in [1.807, 2.05) is 59.9 Å². The van der Waals surface area contributed by atoms with Crippen LogP contribution in [-0.2, 0) is 0 Å². The number of ether oxygens (including phenoxy) is 1. The summed E-state index contributed by atoms with van der Waals surface area (Å²) in [5.74, 6) is 1.25. The Morgan fingerprint density at radius 2 is 1.84 bits per heavy atom. The standard InChI is InChI=1S/C16H25NO2/c1-10(2)15(17-6)16(18)13-7-8-14(12(5)9-13)19-11(3)4/h7-11,15,17H,1-6H3. The van der Waals surface area contributed by atoms with E-state index in [0.717, 1.165) is 16.9 Å². The first kappa shape index (κ1) is 15.7. The maximum Gasteiger partial charge on any atom is 0.179 e. The molecule has 3 nitrogen and oxygen atoms in total. The van der Waals surface area contributed by atoms with Crippen molar-refractivity contribution in [2.75, 3.05) is 7.05 Å². The fraction of sp³-hybridized carbons (Fsp3) is 0.562. The summed E-state index contributed by atoms with van der Waals surface area (Å²) in [6.07, 6.45) is 0.140. The fourth-order valence-corrected chi connectivity index (χ4v) is 2.14. The Hall–Kier alpha value is -1.35. The molecular weight excluding hydrogens is 238 g/mol. The summed E-state index contributed by atoms with van der Waals surface area (Å²) < 4.78 is 5.69. The number of nitrogens with one attached hydrogen (secondary N) is 1. The molecule has 1 aromatic carbocycles. The van der Waals surface area contributed by atoms with Gasteiger partial charge in [-0.2, -0.15) is 0 Å². The average molecular weight is 263 g/mol. The molecule has 0 fully saturated rings. The first-order chi connectivity index (χ1) is 8.86. The summed E-state index contributed by atoms with van der Waals surface area (Å²) in [7, 11) is 1.83. The van der Waals surface area contributed by atoms with Crippen molar-refractivity contribution < 1.29 is 9.53 Å². The number of rotatable bonds is 6. The lowest BCUT2D eigenvalue weighted by atomic mass is 9.94. The number of benzene rings is 1. The number of likely N-dealkylation sites (N-methyl/N-ethyl adjacent to an activating group) is 1. The SMILES string of the molecule is CNC(C(=O)c1ccc(OC(C)C)c(C)c1)C(C)C. The van der Waals surface area contributed by atoms with Crippen LogP contribution < -0.4 is 10.1 Å². The van der Waals surface area contributed by atoms with Gasteiger partial charge in [-0.15, -0.1) is 0 Å². The molecule has 0 amide bonds. The first-order valence-corrected chi connectivity index (χ1v) is 6.85. The van der Waals surface area contributed by atoms with Crippen molar-refractivity contribution in [2.24, 2.45) is 5.92 Å². The van der Waals surface area contributed by atoms with Crippen LogP contribution in [0.15, 0.2) is 18.2 Å². The second-order valence-corrected chi connectivity index (χ2v) is 5.52. The highest BCUT2D eigenvalue weighted by Crippen LogP contribution is 2.22. The van der Waals surface area contributed by atoms with Crippen LogP contribution in [0, 0.1) is 12.8 Å². The second kappa shape index (κ2) is 6.71. The van der Waals surface area contributed by atoms with Crippen molar-refractivity contribution in [1.29, 1.82) is 0 Å². The van der Waals surface area contributed by atoms with Crippen molar-refractivity contribution >= 4 is 5.78 Å². The van der Waals surface area contributed by atoms with Crippen molar-refractivity contribution in [3.63, 3.8) is 0 Å². The van der Waals surface area contributed by atoms with E-state index >= 15 is 0 Å². The van der Waals surface area contributed by atoms with Crippen molar-refractivity contribution in [2.45, 2.75) is 46.8 Å². The zero-order valence-corrected chi connectivity index (χ0v) is 12.8. The highest BCUT2D eigenvalue weighted by molar-refractivity contribution is 6.00. The van der Waals surface area contributed by atoms with Gasteiger partial charge >= 0.3 is 0 Å². The van der Waals surface area contributed by atoms with Crippen LogP contribution in [0.3, 0.4) is 0 Å². The average Bonchev–Trinajstić information content (AvgIpc) is 2.31. The van der Waals surface area contributed by atoms with Gasteiger partial charge in [0.2, 0.25) is 0 Å². The molecule has 0 aliphatic rings. The van der Waals surface area contributed by atoms with Crippen LogP contribution in [0.25, 0.3) is 0 Å². The minimum Gasteiger partial charge on any atom is -0.491 e.